The van der Waals surface area contributed by atoms with E-state index in [0.717, 1.165) is 23.4 Å². The Morgan fingerprint density at radius 1 is 1.26 bits per heavy atom. The summed E-state index contributed by atoms with van der Waals surface area (Å²) in [6, 6.07) is 6.73. The van der Waals surface area contributed by atoms with Gasteiger partial charge in [0.15, 0.2) is 5.65 Å². The number of nitrogens with zero attached hydrogens (tertiary/aromatic N) is 3. The van der Waals surface area contributed by atoms with Crippen LogP contribution in [0.1, 0.15) is 53.1 Å². The van der Waals surface area contributed by atoms with Crippen molar-refractivity contribution in [1.82, 2.24) is 19.9 Å². The maximum Gasteiger partial charge on any atom is 0.256 e. The zero-order chi connectivity index (χ0) is 19.6. The van der Waals surface area contributed by atoms with Crippen LogP contribution < -0.4 is 5.32 Å². The molecule has 1 N–H and O–H groups in total. The molecule has 0 aliphatic rings. The minimum atomic E-state index is -0.234. The molecule has 0 aliphatic heterocycles. The Kier molecular flexibility index (Phi) is 5.54. The molecule has 3 aromatic rings. The molecule has 0 radical (unpaired) electrons. The summed E-state index contributed by atoms with van der Waals surface area (Å²) in [6.07, 6.45) is 2.90. The number of carbonyl (C=O) groups is 1. The Morgan fingerprint density at radius 2 is 2.00 bits per heavy atom. The van der Waals surface area contributed by atoms with Crippen molar-refractivity contribution >= 4 is 11.6 Å². The second kappa shape index (κ2) is 7.86. The molecule has 0 atom stereocenters. The van der Waals surface area contributed by atoms with E-state index in [0.29, 0.717) is 35.7 Å². The topological polar surface area (TPSA) is 59.3 Å². The van der Waals surface area contributed by atoms with Crippen LogP contribution in [-0.2, 0) is 6.42 Å². The second-order valence-corrected chi connectivity index (χ2v) is 7.26. The number of amides is 1. The standard InChI is InChI=1S/C21H25FN4O/c1-13(2)9-10-23-21(27)18-12-24-26-15(4)17(14(3)25-20(18)26)11-16-7-5-6-8-19(16)22/h5-8,12-13H,9-11H2,1-4H3,(H,23,27). The van der Waals surface area contributed by atoms with E-state index >= 15 is 0 Å². The highest BCUT2D eigenvalue weighted by molar-refractivity contribution is 5.99. The van der Waals surface area contributed by atoms with Crippen LogP contribution in [-0.4, -0.2) is 27.0 Å². The molecule has 0 saturated carbocycles. The maximum atomic E-state index is 14.0. The molecule has 0 spiro atoms. The van der Waals surface area contributed by atoms with Gasteiger partial charge in [-0.1, -0.05) is 32.0 Å². The third kappa shape index (κ3) is 3.99. The number of halogens is 1. The van der Waals surface area contributed by atoms with Crippen LogP contribution in [0.3, 0.4) is 0 Å². The Labute approximate surface area is 158 Å². The third-order valence-electron chi connectivity index (χ3n) is 4.79. The zero-order valence-electron chi connectivity index (χ0n) is 16.2. The van der Waals surface area contributed by atoms with Gasteiger partial charge in [0.05, 0.1) is 6.20 Å². The number of hydrogen-bond acceptors (Lipinski definition) is 3. The summed E-state index contributed by atoms with van der Waals surface area (Å²) in [7, 11) is 0. The molecule has 0 saturated heterocycles. The van der Waals surface area contributed by atoms with Gasteiger partial charge in [0.1, 0.15) is 11.4 Å². The number of fused-ring (bicyclic) bond motifs is 1. The highest BCUT2D eigenvalue weighted by Gasteiger charge is 2.18. The Hall–Kier alpha value is -2.76. The molecule has 0 fully saturated rings. The van der Waals surface area contributed by atoms with Crippen molar-refractivity contribution in [3.8, 4) is 0 Å². The van der Waals surface area contributed by atoms with Crippen molar-refractivity contribution in [2.24, 2.45) is 5.92 Å². The quantitative estimate of drug-likeness (QED) is 0.719. The minimum absolute atomic E-state index is 0.168. The fourth-order valence-corrected chi connectivity index (χ4v) is 3.13. The van der Waals surface area contributed by atoms with Crippen LogP contribution in [0, 0.1) is 25.6 Å². The summed E-state index contributed by atoms with van der Waals surface area (Å²) in [5.74, 6) is 0.124. The minimum Gasteiger partial charge on any atom is -0.352 e. The molecular formula is C21H25FN4O. The summed E-state index contributed by atoms with van der Waals surface area (Å²) in [4.78, 5) is 17.1. The van der Waals surface area contributed by atoms with E-state index in [1.54, 1.807) is 22.8 Å². The SMILES string of the molecule is Cc1nc2c(C(=O)NCCC(C)C)cnn2c(C)c1Cc1ccccc1F. The van der Waals surface area contributed by atoms with Gasteiger partial charge >= 0.3 is 0 Å². The lowest BCUT2D eigenvalue weighted by molar-refractivity contribution is 0.0953. The lowest BCUT2D eigenvalue weighted by Crippen LogP contribution is -2.25. The first-order valence-electron chi connectivity index (χ1n) is 9.24. The van der Waals surface area contributed by atoms with Crippen LogP contribution in [0.2, 0.25) is 0 Å². The van der Waals surface area contributed by atoms with Gasteiger partial charge in [-0.25, -0.2) is 13.9 Å². The number of carbonyl (C=O) groups excluding carboxylic acids is 1. The number of rotatable bonds is 6. The van der Waals surface area contributed by atoms with Gasteiger partial charge in [0.25, 0.3) is 5.91 Å². The van der Waals surface area contributed by atoms with E-state index in [1.165, 1.54) is 6.07 Å². The molecule has 1 amide bonds. The van der Waals surface area contributed by atoms with Gasteiger partial charge < -0.3 is 5.32 Å². The monoisotopic (exact) mass is 368 g/mol. The first-order chi connectivity index (χ1) is 12.9. The number of aromatic nitrogens is 3. The normalized spacial score (nSPS) is 11.3. The number of nitrogens with one attached hydrogen (secondary N) is 1. The Bertz CT molecular complexity index is 978. The van der Waals surface area contributed by atoms with Crippen molar-refractivity contribution < 1.29 is 9.18 Å². The largest absolute Gasteiger partial charge is 0.352 e. The Balaban J connectivity index is 1.92. The van der Waals surface area contributed by atoms with Crippen molar-refractivity contribution in [2.45, 2.75) is 40.5 Å². The van der Waals surface area contributed by atoms with E-state index in [2.05, 4.69) is 29.2 Å². The predicted molar refractivity (Wildman–Crippen MR) is 103 cm³/mol. The second-order valence-electron chi connectivity index (χ2n) is 7.26. The zero-order valence-corrected chi connectivity index (χ0v) is 16.2. The molecule has 2 aromatic heterocycles. The van der Waals surface area contributed by atoms with Crippen LogP contribution in [0.4, 0.5) is 4.39 Å². The Morgan fingerprint density at radius 3 is 2.70 bits per heavy atom. The van der Waals surface area contributed by atoms with Crippen LogP contribution in [0.5, 0.6) is 0 Å². The molecule has 5 nitrogen and oxygen atoms in total. The molecule has 3 rings (SSSR count). The molecule has 0 unspecified atom stereocenters. The summed E-state index contributed by atoms with van der Waals surface area (Å²) in [6.45, 7) is 8.67. The van der Waals surface area contributed by atoms with E-state index in [9.17, 15) is 9.18 Å². The van der Waals surface area contributed by atoms with Gasteiger partial charge in [-0.3, -0.25) is 4.79 Å². The summed E-state index contributed by atoms with van der Waals surface area (Å²) < 4.78 is 15.7. The van der Waals surface area contributed by atoms with Crippen LogP contribution in [0.15, 0.2) is 30.5 Å². The van der Waals surface area contributed by atoms with E-state index in [4.69, 9.17) is 0 Å². The molecule has 0 bridgehead atoms. The molecule has 0 aliphatic carbocycles. The van der Waals surface area contributed by atoms with E-state index in [-0.39, 0.29) is 11.7 Å². The highest BCUT2D eigenvalue weighted by Crippen LogP contribution is 2.21. The predicted octanol–water partition coefficient (Wildman–Crippen LogP) is 3.85. The van der Waals surface area contributed by atoms with Crippen LogP contribution >= 0.6 is 0 Å². The van der Waals surface area contributed by atoms with Gasteiger partial charge in [-0.2, -0.15) is 5.10 Å². The lowest BCUT2D eigenvalue weighted by atomic mass is 10.0. The lowest BCUT2D eigenvalue weighted by Gasteiger charge is -2.12. The average molecular weight is 368 g/mol. The number of aryl methyl sites for hydroxylation is 2. The van der Waals surface area contributed by atoms with Crippen molar-refractivity contribution in [3.05, 3.63) is 64.4 Å². The molecule has 2 heterocycles. The number of benzene rings is 1. The molecule has 1 aromatic carbocycles. The smallest absolute Gasteiger partial charge is 0.256 e. The van der Waals surface area contributed by atoms with Gasteiger partial charge in [-0.15, -0.1) is 0 Å². The fourth-order valence-electron chi connectivity index (χ4n) is 3.13. The molecule has 142 valence electrons. The van der Waals surface area contributed by atoms with Crippen molar-refractivity contribution in [3.63, 3.8) is 0 Å². The van der Waals surface area contributed by atoms with Gasteiger partial charge in [0.2, 0.25) is 0 Å². The fraction of sp³-hybridized carbons (Fsp3) is 0.381. The van der Waals surface area contributed by atoms with Crippen molar-refractivity contribution in [1.29, 1.82) is 0 Å². The summed E-state index contributed by atoms with van der Waals surface area (Å²) >= 11 is 0. The summed E-state index contributed by atoms with van der Waals surface area (Å²) in [5.41, 5.74) is 4.17. The van der Waals surface area contributed by atoms with Gasteiger partial charge in [-0.05, 0) is 43.4 Å². The maximum absolute atomic E-state index is 14.0. The van der Waals surface area contributed by atoms with Crippen molar-refractivity contribution in [2.75, 3.05) is 6.54 Å². The molecule has 27 heavy (non-hydrogen) atoms. The van der Waals surface area contributed by atoms with Crippen LogP contribution in [0.25, 0.3) is 5.65 Å². The van der Waals surface area contributed by atoms with E-state index < -0.39 is 0 Å². The summed E-state index contributed by atoms with van der Waals surface area (Å²) in [5, 5.41) is 7.28. The first kappa shape index (κ1) is 19.0. The van der Waals surface area contributed by atoms with Gasteiger partial charge in [0, 0.05) is 24.4 Å². The average Bonchev–Trinajstić information content (AvgIpc) is 3.03. The molecular weight excluding hydrogens is 343 g/mol. The number of hydrogen-bond donors (Lipinski definition) is 1. The van der Waals surface area contributed by atoms with E-state index in [1.807, 2.05) is 19.9 Å². The first-order valence-corrected chi connectivity index (χ1v) is 9.24. The highest BCUT2D eigenvalue weighted by atomic mass is 19.1. The third-order valence-corrected chi connectivity index (χ3v) is 4.79. The molecule has 6 heteroatoms.